The molecule has 100 valence electrons. The van der Waals surface area contributed by atoms with E-state index in [1.54, 1.807) is 12.4 Å². The number of benzene rings is 1. The Morgan fingerprint density at radius 2 is 1.95 bits per heavy atom. The molecule has 0 aliphatic heterocycles. The molecule has 4 nitrogen and oxygen atoms in total. The Kier molecular flexibility index (Phi) is 4.63. The molecule has 2 N–H and O–H groups in total. The number of ether oxygens (including phenoxy) is 1. The van der Waals surface area contributed by atoms with E-state index in [0.29, 0.717) is 17.5 Å². The zero-order valence-corrected chi connectivity index (χ0v) is 11.9. The summed E-state index contributed by atoms with van der Waals surface area (Å²) in [5.41, 5.74) is 7.60. The fraction of sp³-hybridized carbons (Fsp3) is 0.286. The van der Waals surface area contributed by atoms with E-state index < -0.39 is 0 Å². The van der Waals surface area contributed by atoms with Crippen molar-refractivity contribution < 1.29 is 4.74 Å². The lowest BCUT2D eigenvalue weighted by Crippen LogP contribution is -1.96. The molecule has 1 aromatic carbocycles. The van der Waals surface area contributed by atoms with Crippen molar-refractivity contribution in [3.63, 3.8) is 0 Å². The van der Waals surface area contributed by atoms with Gasteiger partial charge in [0.15, 0.2) is 5.16 Å². The number of nitrogens with zero attached hydrogens (tertiary/aromatic N) is 2. The van der Waals surface area contributed by atoms with Gasteiger partial charge in [0, 0.05) is 29.0 Å². The summed E-state index contributed by atoms with van der Waals surface area (Å²) >= 11 is 1.48. The summed E-state index contributed by atoms with van der Waals surface area (Å²) in [6.45, 7) is 4.72. The molecule has 0 aliphatic rings. The highest BCUT2D eigenvalue weighted by molar-refractivity contribution is 7.99. The number of aromatic nitrogens is 2. The number of aryl methyl sites for hydroxylation is 1. The normalized spacial score (nSPS) is 10.4. The van der Waals surface area contributed by atoms with Gasteiger partial charge in [-0.3, -0.25) is 0 Å². The van der Waals surface area contributed by atoms with E-state index in [1.807, 2.05) is 25.1 Å². The maximum atomic E-state index is 5.87. The Balaban J connectivity index is 2.15. The Bertz CT molecular complexity index is 543. The number of nitrogen functional groups attached to an aromatic ring is 1. The van der Waals surface area contributed by atoms with Crippen molar-refractivity contribution in [3.05, 3.63) is 36.2 Å². The third kappa shape index (κ3) is 4.13. The van der Waals surface area contributed by atoms with E-state index in [-0.39, 0.29) is 0 Å². The zero-order chi connectivity index (χ0) is 13.7. The number of hydrogen-bond acceptors (Lipinski definition) is 5. The minimum absolute atomic E-state index is 0.684. The van der Waals surface area contributed by atoms with Crippen LogP contribution in [0.15, 0.2) is 40.6 Å². The van der Waals surface area contributed by atoms with Crippen LogP contribution in [0, 0.1) is 6.92 Å². The van der Waals surface area contributed by atoms with E-state index >= 15 is 0 Å². The van der Waals surface area contributed by atoms with Crippen LogP contribution in [0.25, 0.3) is 0 Å². The van der Waals surface area contributed by atoms with Gasteiger partial charge >= 0.3 is 0 Å². The minimum Gasteiger partial charge on any atom is -0.493 e. The molecule has 0 saturated heterocycles. The van der Waals surface area contributed by atoms with Crippen molar-refractivity contribution in [2.45, 2.75) is 30.3 Å². The molecule has 0 unspecified atom stereocenters. The number of rotatable bonds is 5. The molecule has 0 aliphatic carbocycles. The average Bonchev–Trinajstić information content (AvgIpc) is 2.38. The summed E-state index contributed by atoms with van der Waals surface area (Å²) in [5, 5.41) is 0.706. The monoisotopic (exact) mass is 275 g/mol. The molecule has 5 heteroatoms. The van der Waals surface area contributed by atoms with Crippen LogP contribution < -0.4 is 10.5 Å². The second kappa shape index (κ2) is 6.43. The van der Waals surface area contributed by atoms with Gasteiger partial charge in [-0.25, -0.2) is 9.97 Å². The lowest BCUT2D eigenvalue weighted by Gasteiger charge is -2.08. The summed E-state index contributed by atoms with van der Waals surface area (Å²) in [6.07, 6.45) is 4.57. The van der Waals surface area contributed by atoms with Gasteiger partial charge in [-0.2, -0.15) is 0 Å². The molecule has 0 fully saturated rings. The topological polar surface area (TPSA) is 61.0 Å². The van der Waals surface area contributed by atoms with Gasteiger partial charge in [-0.15, -0.1) is 0 Å². The number of hydrogen-bond donors (Lipinski definition) is 1. The highest BCUT2D eigenvalue weighted by atomic mass is 32.2. The first-order valence-electron chi connectivity index (χ1n) is 6.17. The van der Waals surface area contributed by atoms with Crippen molar-refractivity contribution in [2.75, 3.05) is 12.3 Å². The lowest BCUT2D eigenvalue weighted by molar-refractivity contribution is 0.317. The first-order chi connectivity index (χ1) is 9.17. The highest BCUT2D eigenvalue weighted by Crippen LogP contribution is 2.30. The maximum absolute atomic E-state index is 5.87. The molecule has 0 amide bonds. The molecular weight excluding hydrogens is 258 g/mol. The van der Waals surface area contributed by atoms with Gasteiger partial charge < -0.3 is 10.5 Å². The Labute approximate surface area is 117 Å². The molecule has 1 heterocycles. The molecular formula is C14H17N3OS. The molecule has 1 aromatic heterocycles. The standard InChI is InChI=1S/C14H17N3OS/c1-3-4-18-12-5-11(15)6-13(7-12)19-14-16-8-10(2)9-17-14/h5-9H,3-4,15H2,1-2H3. The molecule has 0 bridgehead atoms. The summed E-state index contributed by atoms with van der Waals surface area (Å²) in [5.74, 6) is 0.788. The molecule has 19 heavy (non-hydrogen) atoms. The van der Waals surface area contributed by atoms with Gasteiger partial charge in [0.1, 0.15) is 5.75 Å². The summed E-state index contributed by atoms with van der Waals surface area (Å²) in [4.78, 5) is 9.51. The smallest absolute Gasteiger partial charge is 0.192 e. The predicted molar refractivity (Wildman–Crippen MR) is 77.5 cm³/mol. The van der Waals surface area contributed by atoms with Crippen molar-refractivity contribution in [2.24, 2.45) is 0 Å². The zero-order valence-electron chi connectivity index (χ0n) is 11.1. The van der Waals surface area contributed by atoms with Crippen LogP contribution in [-0.4, -0.2) is 16.6 Å². The van der Waals surface area contributed by atoms with Crippen molar-refractivity contribution in [1.29, 1.82) is 0 Å². The van der Waals surface area contributed by atoms with Crippen LogP contribution in [0.4, 0.5) is 5.69 Å². The molecule has 2 aromatic rings. The third-order valence-corrected chi connectivity index (χ3v) is 3.21. The average molecular weight is 275 g/mol. The molecule has 0 atom stereocenters. The SMILES string of the molecule is CCCOc1cc(N)cc(Sc2ncc(C)cn2)c1. The van der Waals surface area contributed by atoms with Gasteiger partial charge in [0.25, 0.3) is 0 Å². The van der Waals surface area contributed by atoms with Crippen molar-refractivity contribution >= 4 is 17.4 Å². The largest absolute Gasteiger partial charge is 0.493 e. The Morgan fingerprint density at radius 3 is 2.63 bits per heavy atom. The van der Waals surface area contributed by atoms with Crippen LogP contribution in [0.2, 0.25) is 0 Å². The van der Waals surface area contributed by atoms with Crippen molar-refractivity contribution in [1.82, 2.24) is 9.97 Å². The summed E-state index contributed by atoms with van der Waals surface area (Å²) in [7, 11) is 0. The van der Waals surface area contributed by atoms with Crippen LogP contribution >= 0.6 is 11.8 Å². The fourth-order valence-electron chi connectivity index (χ4n) is 1.49. The van der Waals surface area contributed by atoms with E-state index in [9.17, 15) is 0 Å². The Morgan fingerprint density at radius 1 is 1.21 bits per heavy atom. The van der Waals surface area contributed by atoms with Crippen LogP contribution in [0.5, 0.6) is 5.75 Å². The van der Waals surface area contributed by atoms with Crippen LogP contribution in [0.3, 0.4) is 0 Å². The van der Waals surface area contributed by atoms with Gasteiger partial charge in [0.2, 0.25) is 0 Å². The quantitative estimate of drug-likeness (QED) is 0.670. The number of nitrogens with two attached hydrogens (primary N) is 1. The van der Waals surface area contributed by atoms with Gasteiger partial charge in [-0.05, 0) is 42.8 Å². The molecule has 0 saturated carbocycles. The second-order valence-corrected chi connectivity index (χ2v) is 5.27. The summed E-state index contributed by atoms with van der Waals surface area (Å²) in [6, 6.07) is 5.68. The first kappa shape index (κ1) is 13.7. The molecule has 2 rings (SSSR count). The van der Waals surface area contributed by atoms with E-state index in [1.165, 1.54) is 11.8 Å². The highest BCUT2D eigenvalue weighted by Gasteiger charge is 2.04. The van der Waals surface area contributed by atoms with Crippen molar-refractivity contribution in [3.8, 4) is 5.75 Å². The van der Waals surface area contributed by atoms with Crippen LogP contribution in [0.1, 0.15) is 18.9 Å². The fourth-order valence-corrected chi connectivity index (χ4v) is 2.29. The molecule has 0 radical (unpaired) electrons. The van der Waals surface area contributed by atoms with Gasteiger partial charge in [0.05, 0.1) is 6.61 Å². The van der Waals surface area contributed by atoms with E-state index in [0.717, 1.165) is 22.6 Å². The lowest BCUT2D eigenvalue weighted by atomic mass is 10.3. The Hall–Kier alpha value is -1.75. The predicted octanol–water partition coefficient (Wildman–Crippen LogP) is 3.31. The second-order valence-electron chi connectivity index (χ2n) is 4.23. The first-order valence-corrected chi connectivity index (χ1v) is 6.99. The summed E-state index contributed by atoms with van der Waals surface area (Å²) < 4.78 is 5.60. The molecule has 0 spiro atoms. The van der Waals surface area contributed by atoms with E-state index in [2.05, 4.69) is 16.9 Å². The van der Waals surface area contributed by atoms with Gasteiger partial charge in [-0.1, -0.05) is 6.92 Å². The van der Waals surface area contributed by atoms with E-state index in [4.69, 9.17) is 10.5 Å². The maximum Gasteiger partial charge on any atom is 0.192 e. The number of anilines is 1. The third-order valence-electron chi connectivity index (χ3n) is 2.34. The minimum atomic E-state index is 0.684. The van der Waals surface area contributed by atoms with Crippen LogP contribution in [-0.2, 0) is 0 Å².